The molecule has 0 bridgehead atoms. The summed E-state index contributed by atoms with van der Waals surface area (Å²) in [5.41, 5.74) is 1.53. The lowest BCUT2D eigenvalue weighted by Crippen LogP contribution is -2.26. The number of ether oxygens (including phenoxy) is 1. The van der Waals surface area contributed by atoms with Crippen LogP contribution in [0.5, 0.6) is 0 Å². The molecule has 5 nitrogen and oxygen atoms in total. The molecule has 1 aromatic rings. The summed E-state index contributed by atoms with van der Waals surface area (Å²) < 4.78 is 4.66. The largest absolute Gasteiger partial charge is 0.464 e. The Labute approximate surface area is 114 Å². The molecule has 1 atom stereocenters. The molecule has 0 aromatic carbocycles. The number of nitrogens with zero attached hydrogens (tertiary/aromatic N) is 1. The number of methoxy groups -OCH3 is 1. The highest BCUT2D eigenvalue weighted by atomic mass is 16.5. The molecule has 1 aliphatic rings. The lowest BCUT2D eigenvalue weighted by molar-refractivity contribution is 0.0594. The first kappa shape index (κ1) is 14.1. The fourth-order valence-electron chi connectivity index (χ4n) is 2.55. The van der Waals surface area contributed by atoms with Crippen LogP contribution < -0.4 is 5.32 Å². The SMILES string of the molecule is CCN1CCC(CNCc2ccc(C(=O)OC)[nH]2)C1. The number of aromatic nitrogens is 1. The molecule has 0 spiro atoms. The average Bonchev–Trinajstić information content (AvgIpc) is 3.07. The number of carbonyl (C=O) groups is 1. The number of nitrogens with one attached hydrogen (secondary N) is 2. The fraction of sp³-hybridized carbons (Fsp3) is 0.643. The second-order valence-corrected chi connectivity index (χ2v) is 5.07. The Morgan fingerprint density at radius 3 is 3.11 bits per heavy atom. The summed E-state index contributed by atoms with van der Waals surface area (Å²) in [6.07, 6.45) is 1.28. The molecule has 1 saturated heterocycles. The molecule has 2 N–H and O–H groups in total. The molecule has 106 valence electrons. The lowest BCUT2D eigenvalue weighted by atomic mass is 10.1. The van der Waals surface area contributed by atoms with Crippen molar-refractivity contribution in [2.45, 2.75) is 19.9 Å². The number of esters is 1. The highest BCUT2D eigenvalue weighted by Gasteiger charge is 2.20. The third kappa shape index (κ3) is 3.81. The quantitative estimate of drug-likeness (QED) is 0.760. The summed E-state index contributed by atoms with van der Waals surface area (Å²) in [5.74, 6) is 0.427. The van der Waals surface area contributed by atoms with Gasteiger partial charge < -0.3 is 19.9 Å². The van der Waals surface area contributed by atoms with Crippen LogP contribution in [0.25, 0.3) is 0 Å². The number of aromatic amines is 1. The van der Waals surface area contributed by atoms with Gasteiger partial charge in [0.05, 0.1) is 7.11 Å². The first-order valence-electron chi connectivity index (χ1n) is 6.92. The maximum atomic E-state index is 11.3. The van der Waals surface area contributed by atoms with Crippen LogP contribution in [0.15, 0.2) is 12.1 Å². The minimum absolute atomic E-state index is 0.319. The van der Waals surface area contributed by atoms with E-state index < -0.39 is 0 Å². The molecule has 0 saturated carbocycles. The van der Waals surface area contributed by atoms with E-state index in [4.69, 9.17) is 0 Å². The van der Waals surface area contributed by atoms with Gasteiger partial charge in [-0.3, -0.25) is 0 Å². The Hall–Kier alpha value is -1.33. The standard InChI is InChI=1S/C14H23N3O2/c1-3-17-7-6-11(10-17)8-15-9-12-4-5-13(16-12)14(18)19-2/h4-5,11,15-16H,3,6-10H2,1-2H3. The van der Waals surface area contributed by atoms with E-state index >= 15 is 0 Å². The van der Waals surface area contributed by atoms with Crippen LogP contribution in [0.2, 0.25) is 0 Å². The van der Waals surface area contributed by atoms with E-state index in [-0.39, 0.29) is 5.97 Å². The Morgan fingerprint density at radius 1 is 1.58 bits per heavy atom. The van der Waals surface area contributed by atoms with Crippen LogP contribution in [0.3, 0.4) is 0 Å². The van der Waals surface area contributed by atoms with Crippen molar-refractivity contribution in [1.29, 1.82) is 0 Å². The van der Waals surface area contributed by atoms with Gasteiger partial charge in [-0.1, -0.05) is 6.92 Å². The number of hydrogen-bond acceptors (Lipinski definition) is 4. The van der Waals surface area contributed by atoms with Gasteiger partial charge in [0, 0.05) is 18.8 Å². The third-order valence-electron chi connectivity index (χ3n) is 3.72. The minimum atomic E-state index is -0.319. The predicted octanol–water partition coefficient (Wildman–Crippen LogP) is 1.23. The van der Waals surface area contributed by atoms with E-state index in [0.717, 1.165) is 31.2 Å². The molecule has 19 heavy (non-hydrogen) atoms. The zero-order chi connectivity index (χ0) is 13.7. The van der Waals surface area contributed by atoms with Crippen molar-refractivity contribution in [1.82, 2.24) is 15.2 Å². The van der Waals surface area contributed by atoms with E-state index in [1.165, 1.54) is 26.6 Å². The molecule has 0 aliphatic carbocycles. The van der Waals surface area contributed by atoms with Crippen LogP contribution in [0.1, 0.15) is 29.5 Å². The molecule has 1 aliphatic heterocycles. The summed E-state index contributed by atoms with van der Waals surface area (Å²) in [6, 6.07) is 3.68. The molecule has 0 amide bonds. The zero-order valence-corrected chi connectivity index (χ0v) is 11.7. The van der Waals surface area contributed by atoms with E-state index in [9.17, 15) is 4.79 Å². The summed E-state index contributed by atoms with van der Waals surface area (Å²) in [6.45, 7) is 7.57. The number of carbonyl (C=O) groups excluding carboxylic acids is 1. The van der Waals surface area contributed by atoms with Crippen molar-refractivity contribution in [3.05, 3.63) is 23.5 Å². The van der Waals surface area contributed by atoms with Crippen molar-refractivity contribution < 1.29 is 9.53 Å². The summed E-state index contributed by atoms with van der Waals surface area (Å²) in [7, 11) is 1.39. The molecule has 1 unspecified atom stereocenters. The molecular formula is C14H23N3O2. The number of rotatable bonds is 6. The van der Waals surface area contributed by atoms with E-state index in [2.05, 4.69) is 26.9 Å². The molecule has 1 aromatic heterocycles. The molecule has 2 heterocycles. The first-order valence-corrected chi connectivity index (χ1v) is 6.92. The van der Waals surface area contributed by atoms with Gasteiger partial charge in [0.2, 0.25) is 0 Å². The van der Waals surface area contributed by atoms with Gasteiger partial charge >= 0.3 is 5.97 Å². The van der Waals surface area contributed by atoms with Gasteiger partial charge in [0.1, 0.15) is 5.69 Å². The lowest BCUT2D eigenvalue weighted by Gasteiger charge is -2.13. The van der Waals surface area contributed by atoms with Crippen molar-refractivity contribution in [2.24, 2.45) is 5.92 Å². The normalized spacial score (nSPS) is 19.8. The minimum Gasteiger partial charge on any atom is -0.464 e. The van der Waals surface area contributed by atoms with Crippen LogP contribution >= 0.6 is 0 Å². The van der Waals surface area contributed by atoms with Crippen LogP contribution in [0, 0.1) is 5.92 Å². The van der Waals surface area contributed by atoms with Gasteiger partial charge in [0.15, 0.2) is 0 Å². The van der Waals surface area contributed by atoms with Crippen molar-refractivity contribution in [3.8, 4) is 0 Å². The smallest absolute Gasteiger partial charge is 0.354 e. The zero-order valence-electron chi connectivity index (χ0n) is 11.7. The summed E-state index contributed by atoms with van der Waals surface area (Å²) in [4.78, 5) is 16.8. The topological polar surface area (TPSA) is 57.4 Å². The third-order valence-corrected chi connectivity index (χ3v) is 3.72. The Kier molecular flexibility index (Phi) is 4.99. The highest BCUT2D eigenvalue weighted by Crippen LogP contribution is 2.14. The first-order chi connectivity index (χ1) is 9.22. The number of H-pyrrole nitrogens is 1. The Bertz CT molecular complexity index is 417. The number of hydrogen-bond donors (Lipinski definition) is 2. The Balaban J connectivity index is 1.71. The van der Waals surface area contributed by atoms with Crippen molar-refractivity contribution in [2.75, 3.05) is 33.3 Å². The maximum absolute atomic E-state index is 11.3. The summed E-state index contributed by atoms with van der Waals surface area (Å²) >= 11 is 0. The molecule has 0 radical (unpaired) electrons. The van der Waals surface area contributed by atoms with Gasteiger partial charge in [-0.15, -0.1) is 0 Å². The highest BCUT2D eigenvalue weighted by molar-refractivity contribution is 5.87. The fourth-order valence-corrected chi connectivity index (χ4v) is 2.55. The predicted molar refractivity (Wildman–Crippen MR) is 74.1 cm³/mol. The van der Waals surface area contributed by atoms with Gasteiger partial charge in [0.25, 0.3) is 0 Å². The van der Waals surface area contributed by atoms with E-state index in [1.54, 1.807) is 6.07 Å². The number of likely N-dealkylation sites (tertiary alicyclic amines) is 1. The summed E-state index contributed by atoms with van der Waals surface area (Å²) in [5, 5.41) is 3.45. The van der Waals surface area contributed by atoms with Crippen LogP contribution in [-0.4, -0.2) is 49.1 Å². The second-order valence-electron chi connectivity index (χ2n) is 5.07. The van der Waals surface area contributed by atoms with Crippen molar-refractivity contribution >= 4 is 5.97 Å². The van der Waals surface area contributed by atoms with Gasteiger partial charge in [-0.2, -0.15) is 0 Å². The molecule has 2 rings (SSSR count). The maximum Gasteiger partial charge on any atom is 0.354 e. The van der Waals surface area contributed by atoms with E-state index in [1.807, 2.05) is 6.07 Å². The van der Waals surface area contributed by atoms with Gasteiger partial charge in [-0.05, 0) is 44.1 Å². The molecule has 5 heteroatoms. The molecule has 1 fully saturated rings. The van der Waals surface area contributed by atoms with Crippen LogP contribution in [0.4, 0.5) is 0 Å². The van der Waals surface area contributed by atoms with Crippen molar-refractivity contribution in [3.63, 3.8) is 0 Å². The average molecular weight is 265 g/mol. The Morgan fingerprint density at radius 2 is 2.42 bits per heavy atom. The van der Waals surface area contributed by atoms with E-state index in [0.29, 0.717) is 5.69 Å². The monoisotopic (exact) mass is 265 g/mol. The van der Waals surface area contributed by atoms with Gasteiger partial charge in [-0.25, -0.2) is 4.79 Å². The molecular weight excluding hydrogens is 242 g/mol. The van der Waals surface area contributed by atoms with Crippen LogP contribution in [-0.2, 0) is 11.3 Å². The second kappa shape index (κ2) is 6.73.